The molecule has 0 aromatic heterocycles. The molecule has 162 valence electrons. The first kappa shape index (κ1) is 22.4. The van der Waals surface area contributed by atoms with E-state index in [1.165, 1.54) is 44.9 Å². The molecule has 1 aromatic rings. The fraction of sp³-hybridized carbons (Fsp3) is 0.667. The van der Waals surface area contributed by atoms with Crippen LogP contribution in [0.4, 0.5) is 0 Å². The van der Waals surface area contributed by atoms with Crippen molar-refractivity contribution in [2.45, 2.75) is 55.6 Å². The molecule has 0 spiro atoms. The van der Waals surface area contributed by atoms with Gasteiger partial charge in [-0.25, -0.2) is 13.1 Å². The summed E-state index contributed by atoms with van der Waals surface area (Å²) in [6, 6.07) is 4.52. The highest BCUT2D eigenvalue weighted by molar-refractivity contribution is 8.00. The van der Waals surface area contributed by atoms with Crippen molar-refractivity contribution in [1.29, 1.82) is 0 Å². The maximum Gasteiger partial charge on any atom is 0.257 e. The Morgan fingerprint density at radius 3 is 2.55 bits per heavy atom. The van der Waals surface area contributed by atoms with Crippen molar-refractivity contribution in [2.24, 2.45) is 5.92 Å². The Hall–Kier alpha value is -1.25. The molecule has 8 heteroatoms. The number of hydrogen-bond donors (Lipinski definition) is 1. The van der Waals surface area contributed by atoms with E-state index in [-0.39, 0.29) is 10.8 Å². The number of sulfonamides is 1. The third-order valence-corrected chi connectivity index (χ3v) is 8.67. The minimum atomic E-state index is -3.67. The van der Waals surface area contributed by atoms with Gasteiger partial charge < -0.3 is 9.64 Å². The van der Waals surface area contributed by atoms with Gasteiger partial charge in [-0.1, -0.05) is 19.8 Å². The van der Waals surface area contributed by atoms with Gasteiger partial charge in [-0.3, -0.25) is 4.79 Å². The van der Waals surface area contributed by atoms with Gasteiger partial charge in [0.1, 0.15) is 5.75 Å². The van der Waals surface area contributed by atoms with Gasteiger partial charge in [0, 0.05) is 30.6 Å². The van der Waals surface area contributed by atoms with Gasteiger partial charge in [-0.05, 0) is 49.8 Å². The lowest BCUT2D eigenvalue weighted by molar-refractivity contribution is 0.0693. The van der Waals surface area contributed by atoms with E-state index in [0.29, 0.717) is 42.1 Å². The summed E-state index contributed by atoms with van der Waals surface area (Å²) in [4.78, 5) is 14.9. The molecule has 1 saturated carbocycles. The van der Waals surface area contributed by atoms with Crippen molar-refractivity contribution < 1.29 is 17.9 Å². The van der Waals surface area contributed by atoms with Crippen molar-refractivity contribution in [3.8, 4) is 5.75 Å². The molecule has 1 saturated heterocycles. The van der Waals surface area contributed by atoms with Crippen molar-refractivity contribution in [1.82, 2.24) is 9.62 Å². The third-order valence-electron chi connectivity index (χ3n) is 5.83. The van der Waals surface area contributed by atoms with Crippen molar-refractivity contribution >= 4 is 27.7 Å². The first-order chi connectivity index (χ1) is 13.9. The van der Waals surface area contributed by atoms with Crippen LogP contribution in [0.15, 0.2) is 23.1 Å². The number of amides is 1. The lowest BCUT2D eigenvalue weighted by Crippen LogP contribution is -2.38. The van der Waals surface area contributed by atoms with Crippen molar-refractivity contribution in [3.05, 3.63) is 23.8 Å². The standard InChI is InChI=1S/C21H32N2O4S2/c1-16-9-12-23(13-10-16)21(24)19-15-18(7-8-20(19)27-2)29(25,26)22-11-14-28-17-5-3-4-6-17/h7-8,15-17,22H,3-6,9-14H2,1-2H3. The first-order valence-electron chi connectivity index (χ1n) is 10.5. The topological polar surface area (TPSA) is 75.7 Å². The van der Waals surface area contributed by atoms with Crippen molar-refractivity contribution in [2.75, 3.05) is 32.5 Å². The number of rotatable bonds is 8. The minimum absolute atomic E-state index is 0.109. The van der Waals surface area contributed by atoms with Gasteiger partial charge in [0.15, 0.2) is 0 Å². The summed E-state index contributed by atoms with van der Waals surface area (Å²) in [6.07, 6.45) is 6.95. The Morgan fingerprint density at radius 1 is 1.21 bits per heavy atom. The van der Waals surface area contributed by atoms with E-state index in [0.717, 1.165) is 18.6 Å². The number of nitrogens with one attached hydrogen (secondary N) is 1. The smallest absolute Gasteiger partial charge is 0.257 e. The maximum atomic E-state index is 13.0. The Kier molecular flexibility index (Phi) is 7.87. The summed E-state index contributed by atoms with van der Waals surface area (Å²) in [5.74, 6) is 1.61. The summed E-state index contributed by atoms with van der Waals surface area (Å²) in [5.41, 5.74) is 0.310. The molecule has 0 bridgehead atoms. The van der Waals surface area contributed by atoms with Crippen LogP contribution in [-0.2, 0) is 10.0 Å². The molecule has 0 radical (unpaired) electrons. The zero-order chi connectivity index (χ0) is 20.9. The number of piperidine rings is 1. The predicted octanol–water partition coefficient (Wildman–Crippen LogP) is 3.52. The van der Waals surface area contributed by atoms with Gasteiger partial charge >= 0.3 is 0 Å². The van der Waals surface area contributed by atoms with Crippen molar-refractivity contribution in [3.63, 3.8) is 0 Å². The van der Waals surface area contributed by atoms with Crippen LogP contribution in [0.2, 0.25) is 0 Å². The lowest BCUT2D eigenvalue weighted by Gasteiger charge is -2.30. The average molecular weight is 441 g/mol. The number of hydrogen-bond acceptors (Lipinski definition) is 5. The van der Waals surface area contributed by atoms with E-state index in [4.69, 9.17) is 4.74 Å². The molecule has 1 amide bonds. The van der Waals surface area contributed by atoms with E-state index >= 15 is 0 Å². The van der Waals surface area contributed by atoms with Gasteiger partial charge in [0.25, 0.3) is 5.91 Å². The molecular formula is C21H32N2O4S2. The summed E-state index contributed by atoms with van der Waals surface area (Å²) >= 11 is 1.85. The van der Waals surface area contributed by atoms with Crippen LogP contribution >= 0.6 is 11.8 Å². The number of methoxy groups -OCH3 is 1. The SMILES string of the molecule is COc1ccc(S(=O)(=O)NCCSC2CCCC2)cc1C(=O)N1CCC(C)CC1. The van der Waals surface area contributed by atoms with Crippen LogP contribution in [0.5, 0.6) is 5.75 Å². The molecule has 0 unspecified atom stereocenters. The van der Waals surface area contributed by atoms with Crippen LogP contribution in [0.25, 0.3) is 0 Å². The van der Waals surface area contributed by atoms with Gasteiger partial charge in [0.05, 0.1) is 17.6 Å². The molecule has 1 heterocycles. The second-order valence-corrected chi connectivity index (χ2v) is 11.2. The fourth-order valence-electron chi connectivity index (χ4n) is 3.94. The first-order valence-corrected chi connectivity index (χ1v) is 13.0. The number of likely N-dealkylation sites (tertiary alicyclic amines) is 1. The van der Waals surface area contributed by atoms with Crippen LogP contribution < -0.4 is 9.46 Å². The zero-order valence-electron chi connectivity index (χ0n) is 17.4. The fourth-order valence-corrected chi connectivity index (χ4v) is 6.35. The molecule has 1 aromatic carbocycles. The highest BCUT2D eigenvalue weighted by Gasteiger charge is 2.26. The molecule has 0 atom stereocenters. The van der Waals surface area contributed by atoms with E-state index in [1.807, 2.05) is 11.8 Å². The van der Waals surface area contributed by atoms with Crippen LogP contribution in [0.1, 0.15) is 55.8 Å². The Bertz CT molecular complexity index is 799. The Balaban J connectivity index is 1.66. The summed E-state index contributed by atoms with van der Waals surface area (Å²) in [7, 11) is -2.17. The highest BCUT2D eigenvalue weighted by atomic mass is 32.2. The molecule has 6 nitrogen and oxygen atoms in total. The number of nitrogens with zero attached hydrogens (tertiary/aromatic N) is 1. The molecular weight excluding hydrogens is 408 g/mol. The summed E-state index contributed by atoms with van der Waals surface area (Å²) in [5, 5.41) is 0.664. The molecule has 3 rings (SSSR count). The largest absolute Gasteiger partial charge is 0.496 e. The van der Waals surface area contributed by atoms with Crippen LogP contribution in [0, 0.1) is 5.92 Å². The average Bonchev–Trinajstić information content (AvgIpc) is 3.24. The van der Waals surface area contributed by atoms with Gasteiger partial charge in [-0.2, -0.15) is 11.8 Å². The Labute approximate surface area is 178 Å². The second kappa shape index (κ2) is 10.2. The monoisotopic (exact) mass is 440 g/mol. The lowest BCUT2D eigenvalue weighted by atomic mass is 9.98. The summed E-state index contributed by atoms with van der Waals surface area (Å²) in [6.45, 7) is 3.96. The van der Waals surface area contributed by atoms with E-state index in [9.17, 15) is 13.2 Å². The molecule has 2 fully saturated rings. The predicted molar refractivity (Wildman–Crippen MR) is 117 cm³/mol. The van der Waals surface area contributed by atoms with Crippen LogP contribution in [-0.4, -0.2) is 57.0 Å². The minimum Gasteiger partial charge on any atom is -0.496 e. The quantitative estimate of drug-likeness (QED) is 0.626. The van der Waals surface area contributed by atoms with Crippen LogP contribution in [0.3, 0.4) is 0 Å². The molecule has 29 heavy (non-hydrogen) atoms. The second-order valence-electron chi connectivity index (χ2n) is 8.01. The Morgan fingerprint density at radius 2 is 1.90 bits per heavy atom. The molecule has 1 N–H and O–H groups in total. The molecule has 1 aliphatic heterocycles. The number of ether oxygens (including phenoxy) is 1. The maximum absolute atomic E-state index is 13.0. The number of thioether (sulfide) groups is 1. The third kappa shape index (κ3) is 5.89. The van der Waals surface area contributed by atoms with E-state index in [2.05, 4.69) is 11.6 Å². The molecule has 2 aliphatic rings. The number of carbonyl (C=O) groups excluding carboxylic acids is 1. The normalized spacial score (nSPS) is 18.9. The molecule has 1 aliphatic carbocycles. The summed E-state index contributed by atoms with van der Waals surface area (Å²) < 4.78 is 33.5. The van der Waals surface area contributed by atoms with E-state index in [1.54, 1.807) is 11.0 Å². The number of benzene rings is 1. The highest BCUT2D eigenvalue weighted by Crippen LogP contribution is 2.29. The van der Waals surface area contributed by atoms with E-state index < -0.39 is 10.0 Å². The number of carbonyl (C=O) groups is 1. The zero-order valence-corrected chi connectivity index (χ0v) is 19.0. The van der Waals surface area contributed by atoms with Gasteiger partial charge in [0.2, 0.25) is 10.0 Å². The van der Waals surface area contributed by atoms with Gasteiger partial charge in [-0.15, -0.1) is 0 Å².